The lowest BCUT2D eigenvalue weighted by molar-refractivity contribution is -0.644. The minimum absolute atomic E-state index is 1.03. The number of pyridine rings is 3. The van der Waals surface area contributed by atoms with E-state index in [2.05, 4.69) is 71.6 Å². The molecule has 118 valence electrons. The van der Waals surface area contributed by atoms with Crippen LogP contribution >= 0.6 is 0 Å². The monoisotopic (exact) mass is 322 g/mol. The van der Waals surface area contributed by atoms with Crippen LogP contribution in [0.2, 0.25) is 0 Å². The molecular formula is C22H16N3+. The summed E-state index contributed by atoms with van der Waals surface area (Å²) < 4.78 is 4.59. The molecule has 4 aromatic heterocycles. The summed E-state index contributed by atoms with van der Waals surface area (Å²) in [6.07, 6.45) is 4.05. The number of aromatic nitrogens is 3. The van der Waals surface area contributed by atoms with Crippen LogP contribution in [0, 0.1) is 6.92 Å². The SMILES string of the molecule is Cc1ccc2cccc3c2c1c1c2c(cc[n+]1C)c1cccnc1n32. The van der Waals surface area contributed by atoms with Crippen molar-refractivity contribution < 1.29 is 4.57 Å². The van der Waals surface area contributed by atoms with Gasteiger partial charge in [0.25, 0.3) is 0 Å². The molecule has 0 aliphatic heterocycles. The second-order valence-corrected chi connectivity index (χ2v) is 6.88. The van der Waals surface area contributed by atoms with E-state index in [1.165, 1.54) is 49.0 Å². The van der Waals surface area contributed by atoms with Crippen molar-refractivity contribution in [1.29, 1.82) is 0 Å². The lowest BCUT2D eigenvalue weighted by atomic mass is 9.98. The van der Waals surface area contributed by atoms with E-state index in [9.17, 15) is 0 Å². The minimum Gasteiger partial charge on any atom is -0.287 e. The molecule has 0 aliphatic carbocycles. The van der Waals surface area contributed by atoms with Crippen LogP contribution in [0.5, 0.6) is 0 Å². The van der Waals surface area contributed by atoms with Gasteiger partial charge < -0.3 is 0 Å². The summed E-state index contributed by atoms with van der Waals surface area (Å²) in [6.45, 7) is 2.21. The first-order valence-corrected chi connectivity index (χ1v) is 8.56. The number of hydrogen-bond acceptors (Lipinski definition) is 1. The molecule has 0 spiro atoms. The predicted octanol–water partition coefficient (Wildman–Crippen LogP) is 4.52. The van der Waals surface area contributed by atoms with E-state index in [0.29, 0.717) is 0 Å². The Labute approximate surface area is 144 Å². The summed E-state index contributed by atoms with van der Waals surface area (Å²) in [7, 11) is 2.14. The molecule has 0 amide bonds. The van der Waals surface area contributed by atoms with Crippen molar-refractivity contribution in [3.05, 3.63) is 66.5 Å². The van der Waals surface area contributed by atoms with Gasteiger partial charge in [0.15, 0.2) is 6.20 Å². The van der Waals surface area contributed by atoms with Gasteiger partial charge in [0.2, 0.25) is 5.52 Å². The van der Waals surface area contributed by atoms with E-state index < -0.39 is 0 Å². The average Bonchev–Trinajstić information content (AvgIpc) is 2.97. The van der Waals surface area contributed by atoms with Crippen molar-refractivity contribution in [3.63, 3.8) is 0 Å². The molecule has 0 fully saturated rings. The first kappa shape index (κ1) is 13.1. The third-order valence-corrected chi connectivity index (χ3v) is 5.52. The Kier molecular flexibility index (Phi) is 2.23. The van der Waals surface area contributed by atoms with E-state index in [0.717, 1.165) is 5.65 Å². The Hall–Kier alpha value is -3.20. The average molecular weight is 322 g/mol. The zero-order valence-corrected chi connectivity index (χ0v) is 14.1. The molecule has 0 radical (unpaired) electrons. The highest BCUT2D eigenvalue weighted by Crippen LogP contribution is 2.39. The second kappa shape index (κ2) is 4.25. The van der Waals surface area contributed by atoms with Crippen molar-refractivity contribution in [3.8, 4) is 0 Å². The molecule has 0 saturated heterocycles. The van der Waals surface area contributed by atoms with Gasteiger partial charge in [0.05, 0.1) is 10.9 Å². The van der Waals surface area contributed by atoms with Crippen LogP contribution in [-0.2, 0) is 7.05 Å². The Morgan fingerprint density at radius 1 is 0.920 bits per heavy atom. The number of hydrogen-bond donors (Lipinski definition) is 0. The Balaban J connectivity index is 2.18. The summed E-state index contributed by atoms with van der Waals surface area (Å²) >= 11 is 0. The highest BCUT2D eigenvalue weighted by atomic mass is 15.0. The molecule has 3 heteroatoms. The third-order valence-electron chi connectivity index (χ3n) is 5.52. The number of benzene rings is 2. The van der Waals surface area contributed by atoms with Gasteiger partial charge >= 0.3 is 0 Å². The largest absolute Gasteiger partial charge is 0.287 e. The van der Waals surface area contributed by atoms with Crippen molar-refractivity contribution in [2.45, 2.75) is 6.92 Å². The lowest BCUT2D eigenvalue weighted by Crippen LogP contribution is -2.28. The van der Waals surface area contributed by atoms with Crippen molar-refractivity contribution in [2.75, 3.05) is 0 Å². The van der Waals surface area contributed by atoms with Crippen LogP contribution in [0.15, 0.2) is 60.9 Å². The third kappa shape index (κ3) is 1.43. The van der Waals surface area contributed by atoms with Crippen molar-refractivity contribution in [1.82, 2.24) is 9.38 Å². The van der Waals surface area contributed by atoms with Crippen LogP contribution in [0.1, 0.15) is 5.56 Å². The van der Waals surface area contributed by atoms with E-state index in [1.807, 2.05) is 12.3 Å². The van der Waals surface area contributed by atoms with Crippen LogP contribution in [0.4, 0.5) is 0 Å². The van der Waals surface area contributed by atoms with E-state index in [-0.39, 0.29) is 0 Å². The number of nitrogens with zero attached hydrogens (tertiary/aromatic N) is 3. The van der Waals surface area contributed by atoms with Crippen molar-refractivity contribution in [2.24, 2.45) is 7.05 Å². The van der Waals surface area contributed by atoms with Crippen LogP contribution in [-0.4, -0.2) is 9.38 Å². The summed E-state index contributed by atoms with van der Waals surface area (Å²) in [5, 5.41) is 6.42. The Morgan fingerprint density at radius 2 is 1.84 bits per heavy atom. The highest BCUT2D eigenvalue weighted by Gasteiger charge is 2.23. The fourth-order valence-corrected chi connectivity index (χ4v) is 4.45. The summed E-state index contributed by atoms with van der Waals surface area (Å²) in [4.78, 5) is 4.73. The molecule has 0 bridgehead atoms. The van der Waals surface area contributed by atoms with Gasteiger partial charge in [-0.3, -0.25) is 4.40 Å². The summed E-state index contributed by atoms with van der Waals surface area (Å²) in [6, 6.07) is 17.4. The maximum Gasteiger partial charge on any atom is 0.238 e. The molecule has 2 aromatic carbocycles. The molecule has 0 saturated carbocycles. The molecule has 0 atom stereocenters. The number of fused-ring (bicyclic) bond motifs is 5. The molecule has 4 heterocycles. The molecule has 25 heavy (non-hydrogen) atoms. The second-order valence-electron chi connectivity index (χ2n) is 6.88. The fourth-order valence-electron chi connectivity index (χ4n) is 4.45. The minimum atomic E-state index is 1.03. The molecule has 0 aliphatic rings. The molecule has 3 nitrogen and oxygen atoms in total. The Morgan fingerprint density at radius 3 is 2.76 bits per heavy atom. The molecule has 6 aromatic rings. The summed E-state index contributed by atoms with van der Waals surface area (Å²) in [5.41, 5.74) is 6.11. The smallest absolute Gasteiger partial charge is 0.238 e. The van der Waals surface area contributed by atoms with Crippen molar-refractivity contribution >= 4 is 49.1 Å². The van der Waals surface area contributed by atoms with Gasteiger partial charge in [-0.05, 0) is 36.1 Å². The quantitative estimate of drug-likeness (QED) is 0.229. The zero-order chi connectivity index (χ0) is 16.7. The van der Waals surface area contributed by atoms with Gasteiger partial charge in [-0.2, -0.15) is 4.57 Å². The normalized spacial score (nSPS) is 12.4. The zero-order valence-electron chi connectivity index (χ0n) is 14.1. The first-order valence-electron chi connectivity index (χ1n) is 8.56. The first-order chi connectivity index (χ1) is 12.3. The van der Waals surface area contributed by atoms with Crippen LogP contribution in [0.3, 0.4) is 0 Å². The highest BCUT2D eigenvalue weighted by molar-refractivity contribution is 6.25. The number of rotatable bonds is 0. The van der Waals surface area contributed by atoms with Gasteiger partial charge in [-0.25, -0.2) is 4.98 Å². The molecule has 0 N–H and O–H groups in total. The van der Waals surface area contributed by atoms with Gasteiger partial charge in [-0.1, -0.05) is 24.3 Å². The summed E-state index contributed by atoms with van der Waals surface area (Å²) in [5.74, 6) is 0. The van der Waals surface area contributed by atoms with Gasteiger partial charge in [0, 0.05) is 28.4 Å². The maximum atomic E-state index is 4.73. The maximum absolute atomic E-state index is 4.73. The van der Waals surface area contributed by atoms with E-state index >= 15 is 0 Å². The van der Waals surface area contributed by atoms with E-state index in [1.54, 1.807) is 0 Å². The number of aryl methyl sites for hydroxylation is 2. The predicted molar refractivity (Wildman–Crippen MR) is 102 cm³/mol. The van der Waals surface area contributed by atoms with Gasteiger partial charge in [-0.15, -0.1) is 0 Å². The lowest BCUT2D eigenvalue weighted by Gasteiger charge is -2.12. The molecule has 6 rings (SSSR count). The van der Waals surface area contributed by atoms with E-state index in [4.69, 9.17) is 4.98 Å². The van der Waals surface area contributed by atoms with Gasteiger partial charge in [0.1, 0.15) is 18.2 Å². The fraction of sp³-hybridized carbons (Fsp3) is 0.0909. The standard InChI is InChI=1S/C22H16N3/c1-13-8-9-14-5-3-7-17-19(14)18(13)21-20-15(10-12-24(21)2)16-6-4-11-23-22(16)25(17)20/h3-12H,1-2H3/q+1. The molecule has 0 unspecified atom stereocenters. The van der Waals surface area contributed by atoms with Crippen LogP contribution < -0.4 is 4.57 Å². The topological polar surface area (TPSA) is 21.2 Å². The Bertz CT molecular complexity index is 1460. The van der Waals surface area contributed by atoms with Crippen LogP contribution in [0.25, 0.3) is 49.1 Å². The molecular weight excluding hydrogens is 306 g/mol.